The van der Waals surface area contributed by atoms with E-state index in [9.17, 15) is 0 Å². The average Bonchev–Trinajstić information content (AvgIpc) is 3.70. The van der Waals surface area contributed by atoms with Crippen LogP contribution in [0.3, 0.4) is 0 Å². The summed E-state index contributed by atoms with van der Waals surface area (Å²) >= 11 is 0. The summed E-state index contributed by atoms with van der Waals surface area (Å²) in [6.07, 6.45) is 0. The summed E-state index contributed by atoms with van der Waals surface area (Å²) in [5, 5.41) is 4.97. The number of para-hydroxylation sites is 3. The van der Waals surface area contributed by atoms with E-state index in [4.69, 9.17) is 9.97 Å². The number of hydrogen-bond acceptors (Lipinski definition) is 2. The molecule has 0 amide bonds. The van der Waals surface area contributed by atoms with Crippen molar-refractivity contribution >= 4 is 43.6 Å². The smallest absolute Gasteiger partial charge is 0.160 e. The monoisotopic (exact) mass is 638 g/mol. The highest BCUT2D eigenvalue weighted by atomic mass is 15.0. The number of rotatable bonds is 5. The van der Waals surface area contributed by atoms with Crippen molar-refractivity contribution in [1.82, 2.24) is 19.1 Å². The molecule has 10 aromatic rings. The first-order chi connectivity index (χ1) is 24.8. The van der Waals surface area contributed by atoms with Gasteiger partial charge in [-0.2, -0.15) is 0 Å². The normalized spacial score (nSPS) is 11.6. The number of nitrogens with zero attached hydrogens (tertiary/aromatic N) is 4. The predicted molar refractivity (Wildman–Crippen MR) is 207 cm³/mol. The van der Waals surface area contributed by atoms with Crippen molar-refractivity contribution < 1.29 is 0 Å². The molecule has 0 saturated carbocycles. The molecular weight excluding hydrogens is 609 g/mol. The Morgan fingerprint density at radius 3 is 1.26 bits per heavy atom. The Bertz CT molecular complexity index is 2770. The first-order valence-electron chi connectivity index (χ1n) is 16.9. The van der Waals surface area contributed by atoms with Gasteiger partial charge in [0.2, 0.25) is 0 Å². The van der Waals surface area contributed by atoms with E-state index >= 15 is 0 Å². The van der Waals surface area contributed by atoms with Crippen LogP contribution in [0.15, 0.2) is 182 Å². The van der Waals surface area contributed by atoms with Crippen molar-refractivity contribution in [2.24, 2.45) is 0 Å². The third-order valence-electron chi connectivity index (χ3n) is 9.73. The van der Waals surface area contributed by atoms with Crippen LogP contribution in [0.25, 0.3) is 88.9 Å². The van der Waals surface area contributed by atoms with Gasteiger partial charge in [-0.25, -0.2) is 9.97 Å². The molecular formula is C46H30N4. The lowest BCUT2D eigenvalue weighted by molar-refractivity contribution is 1.16. The van der Waals surface area contributed by atoms with Gasteiger partial charge in [-0.15, -0.1) is 0 Å². The molecule has 0 spiro atoms. The number of hydrogen-bond donors (Lipinski definition) is 0. The summed E-state index contributed by atoms with van der Waals surface area (Å²) in [5.41, 5.74) is 11.9. The van der Waals surface area contributed by atoms with Crippen molar-refractivity contribution in [3.05, 3.63) is 182 Å². The van der Waals surface area contributed by atoms with E-state index in [1.807, 2.05) is 36.4 Å². The molecule has 0 fully saturated rings. The van der Waals surface area contributed by atoms with E-state index in [1.54, 1.807) is 0 Å². The Hall–Kier alpha value is -6.78. The SMILES string of the molecule is c1ccc(-c2cc(-c3ccccc3)nc(-c3ccc(-n4c5ccccc5c5cc6c7ccccc7n(-c7ccccc7)c6cc54)cc3)n2)cc1. The Morgan fingerprint density at radius 2 is 0.740 bits per heavy atom. The van der Waals surface area contributed by atoms with Crippen LogP contribution in [0.1, 0.15) is 0 Å². The van der Waals surface area contributed by atoms with Gasteiger partial charge in [-0.3, -0.25) is 0 Å². The Kier molecular flexibility index (Phi) is 6.46. The molecule has 4 heteroatoms. The minimum Gasteiger partial charge on any atom is -0.309 e. The van der Waals surface area contributed by atoms with E-state index in [1.165, 1.54) is 43.6 Å². The van der Waals surface area contributed by atoms with Crippen LogP contribution >= 0.6 is 0 Å². The highest BCUT2D eigenvalue weighted by molar-refractivity contribution is 6.19. The van der Waals surface area contributed by atoms with Crippen LogP contribution < -0.4 is 0 Å². The molecule has 7 aromatic carbocycles. The first kappa shape index (κ1) is 28.3. The Morgan fingerprint density at radius 1 is 0.300 bits per heavy atom. The topological polar surface area (TPSA) is 35.6 Å². The van der Waals surface area contributed by atoms with Crippen molar-refractivity contribution in [1.29, 1.82) is 0 Å². The molecule has 234 valence electrons. The van der Waals surface area contributed by atoms with Gasteiger partial charge in [0.15, 0.2) is 5.82 Å². The van der Waals surface area contributed by atoms with E-state index in [2.05, 4.69) is 155 Å². The molecule has 0 atom stereocenters. The van der Waals surface area contributed by atoms with Crippen LogP contribution in [0, 0.1) is 0 Å². The minimum atomic E-state index is 0.702. The summed E-state index contributed by atoms with van der Waals surface area (Å²) in [5.74, 6) is 0.702. The zero-order chi connectivity index (χ0) is 33.0. The van der Waals surface area contributed by atoms with Crippen molar-refractivity contribution in [2.45, 2.75) is 0 Å². The van der Waals surface area contributed by atoms with E-state index in [0.29, 0.717) is 5.82 Å². The lowest BCUT2D eigenvalue weighted by Crippen LogP contribution is -1.97. The fourth-order valence-corrected chi connectivity index (χ4v) is 7.41. The lowest BCUT2D eigenvalue weighted by atomic mass is 10.1. The molecule has 50 heavy (non-hydrogen) atoms. The van der Waals surface area contributed by atoms with Gasteiger partial charge >= 0.3 is 0 Å². The van der Waals surface area contributed by atoms with E-state index in [0.717, 1.165) is 39.5 Å². The second kappa shape index (κ2) is 11.4. The second-order valence-corrected chi connectivity index (χ2v) is 12.7. The molecule has 0 N–H and O–H groups in total. The van der Waals surface area contributed by atoms with Gasteiger partial charge < -0.3 is 9.13 Å². The van der Waals surface area contributed by atoms with Gasteiger partial charge in [0.05, 0.1) is 33.5 Å². The van der Waals surface area contributed by atoms with Gasteiger partial charge in [0.25, 0.3) is 0 Å². The third-order valence-corrected chi connectivity index (χ3v) is 9.73. The van der Waals surface area contributed by atoms with Gasteiger partial charge in [-0.05, 0) is 66.7 Å². The molecule has 0 bridgehead atoms. The molecule has 0 aliphatic carbocycles. The summed E-state index contributed by atoms with van der Waals surface area (Å²) in [6.45, 7) is 0. The van der Waals surface area contributed by atoms with Gasteiger partial charge in [0, 0.05) is 49.6 Å². The number of aromatic nitrogens is 4. The average molecular weight is 639 g/mol. The molecule has 0 radical (unpaired) electrons. The number of benzene rings is 7. The molecule has 0 aliphatic rings. The molecule has 4 nitrogen and oxygen atoms in total. The molecule has 0 unspecified atom stereocenters. The van der Waals surface area contributed by atoms with Gasteiger partial charge in [-0.1, -0.05) is 115 Å². The lowest BCUT2D eigenvalue weighted by Gasteiger charge is -2.12. The zero-order valence-electron chi connectivity index (χ0n) is 27.1. The largest absolute Gasteiger partial charge is 0.309 e. The molecule has 3 heterocycles. The van der Waals surface area contributed by atoms with Crippen LogP contribution in [0.5, 0.6) is 0 Å². The van der Waals surface area contributed by atoms with Crippen LogP contribution in [0.4, 0.5) is 0 Å². The highest BCUT2D eigenvalue weighted by Gasteiger charge is 2.19. The Balaban J connectivity index is 1.17. The molecule has 0 aliphatic heterocycles. The van der Waals surface area contributed by atoms with Gasteiger partial charge in [0.1, 0.15) is 0 Å². The Labute approximate surface area is 289 Å². The van der Waals surface area contributed by atoms with E-state index < -0.39 is 0 Å². The second-order valence-electron chi connectivity index (χ2n) is 12.7. The fourth-order valence-electron chi connectivity index (χ4n) is 7.41. The minimum absolute atomic E-state index is 0.702. The zero-order valence-corrected chi connectivity index (χ0v) is 27.1. The van der Waals surface area contributed by atoms with Crippen LogP contribution in [-0.4, -0.2) is 19.1 Å². The van der Waals surface area contributed by atoms with E-state index in [-0.39, 0.29) is 0 Å². The molecule has 3 aromatic heterocycles. The van der Waals surface area contributed by atoms with Crippen LogP contribution in [0.2, 0.25) is 0 Å². The molecule has 10 rings (SSSR count). The standard InChI is InChI=1S/C46H30N4/c1-4-14-31(15-5-1)40-29-41(32-16-6-2-7-17-32)48-46(47-40)33-24-26-35(27-25-33)50-43-23-13-11-21-37(43)39-28-38-36-20-10-12-22-42(36)49(44(38)30-45(39)50)34-18-8-3-9-19-34/h1-30H. The maximum Gasteiger partial charge on any atom is 0.160 e. The summed E-state index contributed by atoms with van der Waals surface area (Å²) in [6, 6.07) is 64.2. The molecule has 0 saturated heterocycles. The fraction of sp³-hybridized carbons (Fsp3) is 0. The summed E-state index contributed by atoms with van der Waals surface area (Å²) in [4.78, 5) is 10.1. The van der Waals surface area contributed by atoms with Crippen molar-refractivity contribution in [2.75, 3.05) is 0 Å². The first-order valence-corrected chi connectivity index (χ1v) is 16.9. The highest BCUT2D eigenvalue weighted by Crippen LogP contribution is 2.40. The number of fused-ring (bicyclic) bond motifs is 6. The quantitative estimate of drug-likeness (QED) is 0.188. The maximum absolute atomic E-state index is 5.06. The summed E-state index contributed by atoms with van der Waals surface area (Å²) < 4.78 is 4.77. The predicted octanol–water partition coefficient (Wildman–Crippen LogP) is 11.7. The van der Waals surface area contributed by atoms with Crippen molar-refractivity contribution in [3.63, 3.8) is 0 Å². The summed E-state index contributed by atoms with van der Waals surface area (Å²) in [7, 11) is 0. The maximum atomic E-state index is 5.06. The van der Waals surface area contributed by atoms with Crippen LogP contribution in [-0.2, 0) is 0 Å². The third kappa shape index (κ3) is 4.54. The van der Waals surface area contributed by atoms with Crippen molar-refractivity contribution in [3.8, 4) is 45.3 Å².